The van der Waals surface area contributed by atoms with Crippen LogP contribution in [0.2, 0.25) is 0 Å². The normalized spacial score (nSPS) is 13.1. The van der Waals surface area contributed by atoms with Crippen LogP contribution in [0, 0.1) is 0 Å². The lowest BCUT2D eigenvalue weighted by Gasteiger charge is -2.41. The first-order valence-electron chi connectivity index (χ1n) is 11.6. The second-order valence-electron chi connectivity index (χ2n) is 9.26. The molecule has 0 fully saturated rings. The quantitative estimate of drug-likeness (QED) is 0.321. The van der Waals surface area contributed by atoms with E-state index < -0.39 is 0 Å². The first kappa shape index (κ1) is 27.8. The van der Waals surface area contributed by atoms with E-state index in [0.717, 1.165) is 58.4 Å². The molecule has 0 bridgehead atoms. The molecule has 0 aliphatic carbocycles. The second-order valence-corrected chi connectivity index (χ2v) is 9.26. The van der Waals surface area contributed by atoms with E-state index in [1.165, 1.54) is 19.3 Å². The lowest BCUT2D eigenvalue weighted by atomic mass is 10.0. The Balaban J connectivity index is 4.68. The van der Waals surface area contributed by atoms with Crippen LogP contribution in [-0.4, -0.2) is 83.7 Å². The van der Waals surface area contributed by atoms with Gasteiger partial charge in [0.25, 0.3) is 0 Å². The van der Waals surface area contributed by atoms with Crippen molar-refractivity contribution >= 4 is 0 Å². The van der Waals surface area contributed by atoms with Gasteiger partial charge in [-0.15, -0.1) is 0 Å². The molecule has 0 rings (SSSR count). The standard InChI is InChI=1S/C23H50N2O3/c1-7-9-10-14-24(16-12-19-26)15-11-17-25(18-13-20-27)22(3,4)21-28-23(5,6)8-2/h26-27H,7-21H2,1-6H3. The molecule has 170 valence electrons. The molecular weight excluding hydrogens is 352 g/mol. The number of unbranched alkanes of at least 4 members (excludes halogenated alkanes) is 2. The number of ether oxygens (including phenoxy) is 1. The van der Waals surface area contributed by atoms with Gasteiger partial charge < -0.3 is 19.8 Å². The molecule has 0 radical (unpaired) electrons. The zero-order chi connectivity index (χ0) is 21.5. The summed E-state index contributed by atoms with van der Waals surface area (Å²) in [6, 6.07) is 0. The van der Waals surface area contributed by atoms with Crippen molar-refractivity contribution in [3.8, 4) is 0 Å². The monoisotopic (exact) mass is 402 g/mol. The lowest BCUT2D eigenvalue weighted by Crippen LogP contribution is -2.50. The molecule has 0 aromatic rings. The highest BCUT2D eigenvalue weighted by molar-refractivity contribution is 4.83. The highest BCUT2D eigenvalue weighted by Gasteiger charge is 2.29. The number of rotatable bonds is 19. The summed E-state index contributed by atoms with van der Waals surface area (Å²) in [6.45, 7) is 19.5. The van der Waals surface area contributed by atoms with Crippen molar-refractivity contribution in [2.24, 2.45) is 0 Å². The number of hydrogen-bond donors (Lipinski definition) is 2. The van der Waals surface area contributed by atoms with Crippen LogP contribution in [0.4, 0.5) is 0 Å². The van der Waals surface area contributed by atoms with Crippen molar-refractivity contribution in [1.82, 2.24) is 9.80 Å². The van der Waals surface area contributed by atoms with Crippen molar-refractivity contribution in [1.29, 1.82) is 0 Å². The minimum Gasteiger partial charge on any atom is -0.396 e. The van der Waals surface area contributed by atoms with Crippen LogP contribution < -0.4 is 0 Å². The van der Waals surface area contributed by atoms with Crippen molar-refractivity contribution in [2.75, 3.05) is 52.5 Å². The molecule has 0 atom stereocenters. The molecule has 2 N–H and O–H groups in total. The van der Waals surface area contributed by atoms with Crippen LogP contribution >= 0.6 is 0 Å². The molecule has 0 aliphatic heterocycles. The average Bonchev–Trinajstić information content (AvgIpc) is 2.66. The van der Waals surface area contributed by atoms with Gasteiger partial charge in [-0.05, 0) is 79.4 Å². The molecule has 0 aliphatic rings. The molecule has 0 saturated carbocycles. The molecule has 0 aromatic heterocycles. The summed E-state index contributed by atoms with van der Waals surface area (Å²) in [5.74, 6) is 0. The van der Waals surface area contributed by atoms with Gasteiger partial charge in [0.05, 0.1) is 12.2 Å². The Kier molecular flexibility index (Phi) is 15.5. The van der Waals surface area contributed by atoms with Crippen molar-refractivity contribution < 1.29 is 14.9 Å². The molecule has 0 aromatic carbocycles. The van der Waals surface area contributed by atoms with Gasteiger partial charge in [-0.1, -0.05) is 26.7 Å². The van der Waals surface area contributed by atoms with Gasteiger partial charge in [-0.25, -0.2) is 0 Å². The van der Waals surface area contributed by atoms with Gasteiger partial charge in [-0.2, -0.15) is 0 Å². The summed E-state index contributed by atoms with van der Waals surface area (Å²) < 4.78 is 6.21. The largest absolute Gasteiger partial charge is 0.396 e. The third kappa shape index (κ3) is 13.1. The van der Waals surface area contributed by atoms with Gasteiger partial charge in [0, 0.05) is 31.8 Å². The second kappa shape index (κ2) is 15.6. The van der Waals surface area contributed by atoms with Crippen molar-refractivity contribution in [3.05, 3.63) is 0 Å². The van der Waals surface area contributed by atoms with Crippen molar-refractivity contribution in [2.45, 2.75) is 97.6 Å². The number of aliphatic hydroxyl groups is 2. The molecule has 5 heteroatoms. The van der Waals surface area contributed by atoms with E-state index in [0.29, 0.717) is 6.61 Å². The molecule has 0 spiro atoms. The topological polar surface area (TPSA) is 56.2 Å². The van der Waals surface area contributed by atoms with Gasteiger partial charge in [0.1, 0.15) is 0 Å². The van der Waals surface area contributed by atoms with Crippen molar-refractivity contribution in [3.63, 3.8) is 0 Å². The maximum absolute atomic E-state index is 9.32. The fourth-order valence-electron chi connectivity index (χ4n) is 3.24. The summed E-state index contributed by atoms with van der Waals surface area (Å²) >= 11 is 0. The molecule has 5 nitrogen and oxygen atoms in total. The molecule has 28 heavy (non-hydrogen) atoms. The molecule has 0 unspecified atom stereocenters. The minimum atomic E-state index is -0.0969. The smallest absolute Gasteiger partial charge is 0.0652 e. The van der Waals surface area contributed by atoms with E-state index >= 15 is 0 Å². The van der Waals surface area contributed by atoms with Crippen LogP contribution in [0.3, 0.4) is 0 Å². The van der Waals surface area contributed by atoms with Gasteiger partial charge in [0.15, 0.2) is 0 Å². The maximum atomic E-state index is 9.32. The van der Waals surface area contributed by atoms with Crippen LogP contribution in [0.5, 0.6) is 0 Å². The Hall–Kier alpha value is -0.200. The summed E-state index contributed by atoms with van der Waals surface area (Å²) in [5, 5.41) is 18.5. The SMILES string of the molecule is CCCCCN(CCCO)CCCN(CCCO)C(C)(C)COC(C)(C)CC. The highest BCUT2D eigenvalue weighted by Crippen LogP contribution is 2.21. The first-order chi connectivity index (χ1) is 13.2. The Labute approximate surface area is 175 Å². The van der Waals surface area contributed by atoms with Gasteiger partial charge >= 0.3 is 0 Å². The third-order valence-corrected chi connectivity index (χ3v) is 5.72. The summed E-state index contributed by atoms with van der Waals surface area (Å²) in [4.78, 5) is 4.98. The summed E-state index contributed by atoms with van der Waals surface area (Å²) in [5.41, 5.74) is -0.153. The fraction of sp³-hybridized carbons (Fsp3) is 1.00. The number of aliphatic hydroxyl groups excluding tert-OH is 2. The average molecular weight is 403 g/mol. The fourth-order valence-corrected chi connectivity index (χ4v) is 3.24. The Bertz CT molecular complexity index is 362. The Morgan fingerprint density at radius 2 is 1.25 bits per heavy atom. The zero-order valence-electron chi connectivity index (χ0n) is 19.8. The summed E-state index contributed by atoms with van der Waals surface area (Å²) in [7, 11) is 0. The highest BCUT2D eigenvalue weighted by atomic mass is 16.5. The molecule has 0 amide bonds. The zero-order valence-corrected chi connectivity index (χ0v) is 19.8. The first-order valence-corrected chi connectivity index (χ1v) is 11.6. The van der Waals surface area contributed by atoms with E-state index in [1.807, 2.05) is 0 Å². The molecular formula is C23H50N2O3. The Morgan fingerprint density at radius 1 is 0.714 bits per heavy atom. The minimum absolute atomic E-state index is 0.0558. The lowest BCUT2D eigenvalue weighted by molar-refractivity contribution is -0.0740. The van der Waals surface area contributed by atoms with Gasteiger partial charge in [0.2, 0.25) is 0 Å². The van der Waals surface area contributed by atoms with Gasteiger partial charge in [-0.3, -0.25) is 4.90 Å². The third-order valence-electron chi connectivity index (χ3n) is 5.72. The number of nitrogens with zero attached hydrogens (tertiary/aromatic N) is 2. The van der Waals surface area contributed by atoms with Crippen LogP contribution in [0.1, 0.15) is 86.5 Å². The Morgan fingerprint density at radius 3 is 1.82 bits per heavy atom. The van der Waals surface area contributed by atoms with E-state index in [9.17, 15) is 10.2 Å². The summed E-state index contributed by atoms with van der Waals surface area (Å²) in [6.07, 6.45) is 7.50. The predicted molar refractivity (Wildman–Crippen MR) is 120 cm³/mol. The maximum Gasteiger partial charge on any atom is 0.0652 e. The predicted octanol–water partition coefficient (Wildman–Crippen LogP) is 3.92. The van der Waals surface area contributed by atoms with Crippen LogP contribution in [0.25, 0.3) is 0 Å². The molecule has 0 saturated heterocycles. The van der Waals surface area contributed by atoms with E-state index in [4.69, 9.17) is 4.74 Å². The van der Waals surface area contributed by atoms with Crippen LogP contribution in [-0.2, 0) is 4.74 Å². The van der Waals surface area contributed by atoms with E-state index in [1.54, 1.807) is 0 Å². The van der Waals surface area contributed by atoms with Crippen LogP contribution in [0.15, 0.2) is 0 Å². The van der Waals surface area contributed by atoms with E-state index in [2.05, 4.69) is 51.3 Å². The van der Waals surface area contributed by atoms with E-state index in [-0.39, 0.29) is 24.4 Å². The number of hydrogen-bond acceptors (Lipinski definition) is 5. The molecule has 0 heterocycles.